The Bertz CT molecular complexity index is 290. The number of hydrogen-bond acceptors (Lipinski definition) is 2. The summed E-state index contributed by atoms with van der Waals surface area (Å²) in [5, 5.41) is 7.61. The van der Waals surface area contributed by atoms with Gasteiger partial charge in [-0.3, -0.25) is 5.41 Å². The highest BCUT2D eigenvalue weighted by Crippen LogP contribution is 2.00. The summed E-state index contributed by atoms with van der Waals surface area (Å²) in [6.07, 6.45) is 4.46. The van der Waals surface area contributed by atoms with Crippen LogP contribution in [-0.4, -0.2) is 27.3 Å². The largest absolute Gasteiger partial charge is 0.356 e. The number of nitrogens with zero attached hydrogens (tertiary/aromatic N) is 3. The molecule has 72 valence electrons. The summed E-state index contributed by atoms with van der Waals surface area (Å²) in [6, 6.07) is 0. The third kappa shape index (κ3) is 2.31. The van der Waals surface area contributed by atoms with Crippen LogP contribution in [0.1, 0.15) is 19.2 Å². The first-order valence-corrected chi connectivity index (χ1v) is 4.40. The number of amidine groups is 1. The van der Waals surface area contributed by atoms with Crippen molar-refractivity contribution in [3.8, 4) is 0 Å². The average molecular weight is 180 g/mol. The smallest absolute Gasteiger partial charge is 0.128 e. The first-order valence-electron chi connectivity index (χ1n) is 4.40. The molecule has 0 aromatic carbocycles. The summed E-state index contributed by atoms with van der Waals surface area (Å²) in [6.45, 7) is 2.69. The highest BCUT2D eigenvalue weighted by Gasteiger charge is 2.05. The molecule has 0 aliphatic rings. The maximum absolute atomic E-state index is 7.61. The second kappa shape index (κ2) is 4.07. The van der Waals surface area contributed by atoms with Crippen LogP contribution >= 0.6 is 0 Å². The van der Waals surface area contributed by atoms with E-state index in [1.54, 1.807) is 6.20 Å². The molecule has 0 spiro atoms. The molecule has 0 aliphatic heterocycles. The van der Waals surface area contributed by atoms with Gasteiger partial charge in [0, 0.05) is 32.9 Å². The van der Waals surface area contributed by atoms with Gasteiger partial charge in [-0.2, -0.15) is 0 Å². The fraction of sp³-hybridized carbons (Fsp3) is 0.556. The van der Waals surface area contributed by atoms with Gasteiger partial charge in [0.05, 0.1) is 12.4 Å². The molecule has 0 bridgehead atoms. The van der Waals surface area contributed by atoms with Gasteiger partial charge in [-0.1, -0.05) is 6.92 Å². The molecule has 0 unspecified atom stereocenters. The van der Waals surface area contributed by atoms with Gasteiger partial charge in [-0.25, -0.2) is 4.98 Å². The molecule has 4 heteroatoms. The van der Waals surface area contributed by atoms with Gasteiger partial charge in [0.25, 0.3) is 0 Å². The summed E-state index contributed by atoms with van der Waals surface area (Å²) >= 11 is 0. The van der Waals surface area contributed by atoms with E-state index in [-0.39, 0.29) is 0 Å². The molecule has 0 atom stereocenters. The molecule has 1 rings (SSSR count). The Morgan fingerprint density at radius 1 is 1.69 bits per heavy atom. The summed E-state index contributed by atoms with van der Waals surface area (Å²) in [4.78, 5) is 6.10. The van der Waals surface area contributed by atoms with Crippen molar-refractivity contribution in [1.82, 2.24) is 14.5 Å². The van der Waals surface area contributed by atoms with Crippen LogP contribution in [0.5, 0.6) is 0 Å². The molecule has 0 fully saturated rings. The zero-order valence-corrected chi connectivity index (χ0v) is 8.41. The van der Waals surface area contributed by atoms with Crippen LogP contribution < -0.4 is 0 Å². The molecule has 0 saturated heterocycles. The molecule has 1 heterocycles. The van der Waals surface area contributed by atoms with E-state index >= 15 is 0 Å². The number of imidazole rings is 1. The van der Waals surface area contributed by atoms with E-state index < -0.39 is 0 Å². The summed E-state index contributed by atoms with van der Waals surface area (Å²) in [5.41, 5.74) is 0. The van der Waals surface area contributed by atoms with E-state index in [1.165, 1.54) is 0 Å². The zero-order valence-electron chi connectivity index (χ0n) is 8.41. The summed E-state index contributed by atoms with van der Waals surface area (Å²) < 4.78 is 1.97. The summed E-state index contributed by atoms with van der Waals surface area (Å²) in [7, 11) is 3.88. The van der Waals surface area contributed by atoms with Crippen molar-refractivity contribution in [3.63, 3.8) is 0 Å². The number of aromatic nitrogens is 2. The van der Waals surface area contributed by atoms with Crippen LogP contribution in [0.4, 0.5) is 0 Å². The molecular weight excluding hydrogens is 164 g/mol. The fourth-order valence-electron chi connectivity index (χ4n) is 1.13. The van der Waals surface area contributed by atoms with Crippen LogP contribution in [0.3, 0.4) is 0 Å². The Morgan fingerprint density at radius 3 is 2.85 bits per heavy atom. The molecule has 1 aromatic rings. The molecule has 13 heavy (non-hydrogen) atoms. The van der Waals surface area contributed by atoms with E-state index in [1.807, 2.05) is 36.7 Å². The highest BCUT2D eigenvalue weighted by atomic mass is 15.2. The van der Waals surface area contributed by atoms with Crippen LogP contribution in [0, 0.1) is 5.41 Å². The minimum Gasteiger partial charge on any atom is -0.356 e. The molecule has 1 N–H and O–H groups in total. The zero-order chi connectivity index (χ0) is 9.84. The molecular formula is C9H16N4. The molecule has 0 saturated carbocycles. The number of rotatable bonds is 3. The van der Waals surface area contributed by atoms with Crippen molar-refractivity contribution < 1.29 is 0 Å². The minimum atomic E-state index is 0.642. The molecule has 0 amide bonds. The Morgan fingerprint density at radius 2 is 2.38 bits per heavy atom. The van der Waals surface area contributed by atoms with E-state index in [4.69, 9.17) is 5.41 Å². The van der Waals surface area contributed by atoms with Crippen molar-refractivity contribution in [2.24, 2.45) is 7.05 Å². The van der Waals surface area contributed by atoms with Crippen molar-refractivity contribution in [1.29, 1.82) is 5.41 Å². The molecule has 1 aromatic heterocycles. The predicted octanol–water partition coefficient (Wildman–Crippen LogP) is 1.24. The second-order valence-corrected chi connectivity index (χ2v) is 3.11. The fourth-order valence-corrected chi connectivity index (χ4v) is 1.13. The molecule has 0 aliphatic carbocycles. The standard InChI is InChI=1S/C9H16N4/c1-4-8(10)13(3)7-9-11-5-6-12(9)2/h5-6,10H,4,7H2,1-3H3. The lowest BCUT2D eigenvalue weighted by Crippen LogP contribution is -2.25. The Hall–Kier alpha value is -1.32. The van der Waals surface area contributed by atoms with Gasteiger partial charge in [0.15, 0.2) is 0 Å². The van der Waals surface area contributed by atoms with Gasteiger partial charge in [0.1, 0.15) is 5.82 Å². The molecule has 0 radical (unpaired) electrons. The lowest BCUT2D eigenvalue weighted by atomic mass is 10.4. The van der Waals surface area contributed by atoms with Crippen LogP contribution in [-0.2, 0) is 13.6 Å². The highest BCUT2D eigenvalue weighted by molar-refractivity contribution is 5.78. The second-order valence-electron chi connectivity index (χ2n) is 3.11. The van der Waals surface area contributed by atoms with Crippen molar-refractivity contribution in [2.75, 3.05) is 7.05 Å². The van der Waals surface area contributed by atoms with E-state index in [9.17, 15) is 0 Å². The van der Waals surface area contributed by atoms with Gasteiger partial charge in [-0.15, -0.1) is 0 Å². The van der Waals surface area contributed by atoms with Crippen LogP contribution in [0.25, 0.3) is 0 Å². The van der Waals surface area contributed by atoms with Crippen LogP contribution in [0.2, 0.25) is 0 Å². The first-order chi connectivity index (χ1) is 6.15. The number of hydrogen-bond donors (Lipinski definition) is 1. The van der Waals surface area contributed by atoms with Crippen molar-refractivity contribution >= 4 is 5.84 Å². The van der Waals surface area contributed by atoms with Crippen LogP contribution in [0.15, 0.2) is 12.4 Å². The van der Waals surface area contributed by atoms with E-state index in [0.717, 1.165) is 12.2 Å². The normalized spacial score (nSPS) is 10.1. The summed E-state index contributed by atoms with van der Waals surface area (Å²) in [5.74, 6) is 1.63. The monoisotopic (exact) mass is 180 g/mol. The lowest BCUT2D eigenvalue weighted by Gasteiger charge is -2.18. The van der Waals surface area contributed by atoms with Crippen molar-refractivity contribution in [2.45, 2.75) is 19.9 Å². The Balaban J connectivity index is 2.59. The van der Waals surface area contributed by atoms with Gasteiger partial charge >= 0.3 is 0 Å². The average Bonchev–Trinajstić information content (AvgIpc) is 2.50. The Kier molecular flexibility index (Phi) is 3.06. The predicted molar refractivity (Wildman–Crippen MR) is 52.7 cm³/mol. The van der Waals surface area contributed by atoms with Gasteiger partial charge < -0.3 is 9.47 Å². The van der Waals surface area contributed by atoms with Gasteiger partial charge in [-0.05, 0) is 0 Å². The maximum atomic E-state index is 7.61. The quantitative estimate of drug-likeness (QED) is 0.562. The third-order valence-corrected chi connectivity index (χ3v) is 2.10. The topological polar surface area (TPSA) is 44.9 Å². The Labute approximate surface area is 78.7 Å². The molecule has 4 nitrogen and oxygen atoms in total. The van der Waals surface area contributed by atoms with Crippen molar-refractivity contribution in [3.05, 3.63) is 18.2 Å². The number of aryl methyl sites for hydroxylation is 1. The minimum absolute atomic E-state index is 0.642. The number of nitrogens with one attached hydrogen (secondary N) is 1. The van der Waals surface area contributed by atoms with Gasteiger partial charge in [0.2, 0.25) is 0 Å². The van der Waals surface area contributed by atoms with E-state index in [2.05, 4.69) is 4.98 Å². The van der Waals surface area contributed by atoms with E-state index in [0.29, 0.717) is 12.4 Å². The maximum Gasteiger partial charge on any atom is 0.128 e. The lowest BCUT2D eigenvalue weighted by molar-refractivity contribution is 0.462. The third-order valence-electron chi connectivity index (χ3n) is 2.10. The SMILES string of the molecule is CCC(=N)N(C)Cc1nccn1C. The first kappa shape index (κ1) is 9.77.